The highest BCUT2D eigenvalue weighted by atomic mass is 16.5. The monoisotopic (exact) mass is 404 g/mol. The molecule has 6 heteroatoms. The lowest BCUT2D eigenvalue weighted by atomic mass is 10.2. The van der Waals surface area contributed by atoms with Gasteiger partial charge in [-0.2, -0.15) is 0 Å². The van der Waals surface area contributed by atoms with Crippen LogP contribution in [0.4, 0.5) is 11.4 Å². The fraction of sp³-hybridized carbons (Fsp3) is 0.167. The van der Waals surface area contributed by atoms with Gasteiger partial charge in [0, 0.05) is 29.1 Å². The molecule has 0 unspecified atom stereocenters. The fourth-order valence-corrected chi connectivity index (χ4v) is 2.74. The Balaban J connectivity index is 1.57. The highest BCUT2D eigenvalue weighted by molar-refractivity contribution is 6.06. The van der Waals surface area contributed by atoms with E-state index in [1.807, 2.05) is 13.0 Å². The molecule has 0 heterocycles. The Morgan fingerprint density at radius 1 is 0.733 bits per heavy atom. The summed E-state index contributed by atoms with van der Waals surface area (Å²) in [5.41, 5.74) is 2.25. The molecule has 2 amide bonds. The molecule has 2 N–H and O–H groups in total. The fourth-order valence-electron chi connectivity index (χ4n) is 2.74. The molecule has 6 nitrogen and oxygen atoms in total. The summed E-state index contributed by atoms with van der Waals surface area (Å²) in [6.45, 7) is 3.57. The Labute approximate surface area is 175 Å². The number of rotatable bonds is 9. The molecule has 0 aliphatic rings. The third-order valence-electron chi connectivity index (χ3n) is 4.23. The molecule has 3 rings (SSSR count). The number of benzene rings is 3. The number of anilines is 2. The highest BCUT2D eigenvalue weighted by Gasteiger charge is 2.09. The lowest BCUT2D eigenvalue weighted by molar-refractivity contribution is 0.101. The number of ether oxygens (including phenoxy) is 2. The van der Waals surface area contributed by atoms with Gasteiger partial charge in [-0.15, -0.1) is 0 Å². The summed E-state index contributed by atoms with van der Waals surface area (Å²) in [4.78, 5) is 24.8. The summed E-state index contributed by atoms with van der Waals surface area (Å²) in [5, 5.41) is 5.67. The van der Waals surface area contributed by atoms with Gasteiger partial charge in [0.05, 0.1) is 6.61 Å². The van der Waals surface area contributed by atoms with Gasteiger partial charge in [-0.3, -0.25) is 9.59 Å². The van der Waals surface area contributed by atoms with Crippen molar-refractivity contribution in [2.75, 3.05) is 30.5 Å². The van der Waals surface area contributed by atoms with Crippen molar-refractivity contribution in [1.29, 1.82) is 0 Å². The second-order valence-electron chi connectivity index (χ2n) is 6.42. The van der Waals surface area contributed by atoms with Crippen LogP contribution in [0.15, 0.2) is 78.9 Å². The molecule has 0 aliphatic heterocycles. The SMILES string of the molecule is CCOCCOc1ccc(C(=O)Nc2cccc(NC(=O)c3ccccc3)c2)cc1. The van der Waals surface area contributed by atoms with Crippen molar-refractivity contribution in [3.63, 3.8) is 0 Å². The van der Waals surface area contributed by atoms with Gasteiger partial charge in [0.25, 0.3) is 11.8 Å². The first-order chi connectivity index (χ1) is 14.7. The molecule has 3 aromatic rings. The lowest BCUT2D eigenvalue weighted by Crippen LogP contribution is -2.14. The molecule has 154 valence electrons. The van der Waals surface area contributed by atoms with E-state index in [0.29, 0.717) is 48.1 Å². The molecule has 0 saturated carbocycles. The zero-order valence-corrected chi connectivity index (χ0v) is 16.8. The Morgan fingerprint density at radius 2 is 1.33 bits per heavy atom. The number of carbonyl (C=O) groups excluding carboxylic acids is 2. The zero-order valence-electron chi connectivity index (χ0n) is 16.8. The number of hydrogen-bond donors (Lipinski definition) is 2. The molecule has 0 spiro atoms. The van der Waals surface area contributed by atoms with Gasteiger partial charge in [-0.1, -0.05) is 24.3 Å². The van der Waals surface area contributed by atoms with Crippen molar-refractivity contribution in [3.8, 4) is 5.75 Å². The Bertz CT molecular complexity index is 972. The van der Waals surface area contributed by atoms with Crippen LogP contribution in [0.3, 0.4) is 0 Å². The van der Waals surface area contributed by atoms with Gasteiger partial charge in [-0.25, -0.2) is 0 Å². The zero-order chi connectivity index (χ0) is 21.2. The van der Waals surface area contributed by atoms with E-state index in [1.54, 1.807) is 72.8 Å². The molecule has 0 fully saturated rings. The summed E-state index contributed by atoms with van der Waals surface area (Å²) < 4.78 is 10.8. The molecule has 30 heavy (non-hydrogen) atoms. The molecular formula is C24H24N2O4. The lowest BCUT2D eigenvalue weighted by Gasteiger charge is -2.10. The summed E-state index contributed by atoms with van der Waals surface area (Å²) in [6.07, 6.45) is 0. The quantitative estimate of drug-likeness (QED) is 0.511. The Hall–Kier alpha value is -3.64. The van der Waals surface area contributed by atoms with Gasteiger partial charge >= 0.3 is 0 Å². The van der Waals surface area contributed by atoms with E-state index < -0.39 is 0 Å². The van der Waals surface area contributed by atoms with Crippen molar-refractivity contribution < 1.29 is 19.1 Å². The van der Waals surface area contributed by atoms with Gasteiger partial charge < -0.3 is 20.1 Å². The van der Waals surface area contributed by atoms with Crippen LogP contribution in [-0.4, -0.2) is 31.6 Å². The summed E-state index contributed by atoms with van der Waals surface area (Å²) in [5.74, 6) is 0.221. The maximum Gasteiger partial charge on any atom is 0.255 e. The summed E-state index contributed by atoms with van der Waals surface area (Å²) in [6, 6.07) is 22.9. The van der Waals surface area contributed by atoms with Gasteiger partial charge in [-0.05, 0) is 61.5 Å². The van der Waals surface area contributed by atoms with Crippen molar-refractivity contribution in [2.24, 2.45) is 0 Å². The van der Waals surface area contributed by atoms with E-state index in [1.165, 1.54) is 0 Å². The molecular weight excluding hydrogens is 380 g/mol. The van der Waals surface area contributed by atoms with Crippen LogP contribution < -0.4 is 15.4 Å². The third-order valence-corrected chi connectivity index (χ3v) is 4.23. The molecule has 0 radical (unpaired) electrons. The minimum atomic E-state index is -0.248. The average Bonchev–Trinajstić information content (AvgIpc) is 2.78. The first-order valence-corrected chi connectivity index (χ1v) is 9.74. The molecule has 0 bridgehead atoms. The first kappa shape index (κ1) is 21.1. The van der Waals surface area contributed by atoms with Crippen LogP contribution in [-0.2, 0) is 4.74 Å². The number of amides is 2. The topological polar surface area (TPSA) is 76.7 Å². The number of hydrogen-bond acceptors (Lipinski definition) is 4. The molecule has 0 atom stereocenters. The maximum absolute atomic E-state index is 12.5. The number of nitrogens with one attached hydrogen (secondary N) is 2. The van der Waals surface area contributed by atoms with Crippen LogP contribution in [0.5, 0.6) is 5.75 Å². The predicted molar refractivity (Wildman–Crippen MR) is 117 cm³/mol. The standard InChI is InChI=1S/C24H24N2O4/c1-2-29-15-16-30-22-13-11-19(12-14-22)24(28)26-21-10-6-9-20(17-21)25-23(27)18-7-4-3-5-8-18/h3-14,17H,2,15-16H2,1H3,(H,25,27)(H,26,28). The Morgan fingerprint density at radius 3 is 1.93 bits per heavy atom. The summed E-state index contributed by atoms with van der Waals surface area (Å²) in [7, 11) is 0. The highest BCUT2D eigenvalue weighted by Crippen LogP contribution is 2.18. The third kappa shape index (κ3) is 6.18. The van der Waals surface area contributed by atoms with Crippen LogP contribution >= 0.6 is 0 Å². The van der Waals surface area contributed by atoms with Crippen LogP contribution in [0, 0.1) is 0 Å². The van der Waals surface area contributed by atoms with E-state index in [4.69, 9.17) is 9.47 Å². The van der Waals surface area contributed by atoms with Crippen molar-refractivity contribution in [3.05, 3.63) is 90.0 Å². The Kier molecular flexibility index (Phi) is 7.58. The molecule has 0 aromatic heterocycles. The minimum Gasteiger partial charge on any atom is -0.491 e. The number of carbonyl (C=O) groups is 2. The second-order valence-corrected chi connectivity index (χ2v) is 6.42. The normalized spacial score (nSPS) is 10.3. The van der Waals surface area contributed by atoms with E-state index in [2.05, 4.69) is 10.6 Å². The van der Waals surface area contributed by atoms with Gasteiger partial charge in [0.2, 0.25) is 0 Å². The average molecular weight is 404 g/mol. The van der Waals surface area contributed by atoms with Crippen molar-refractivity contribution >= 4 is 23.2 Å². The predicted octanol–water partition coefficient (Wildman–Crippen LogP) is 4.61. The largest absolute Gasteiger partial charge is 0.491 e. The maximum atomic E-state index is 12.5. The van der Waals surface area contributed by atoms with Crippen molar-refractivity contribution in [2.45, 2.75) is 6.92 Å². The van der Waals surface area contributed by atoms with E-state index in [9.17, 15) is 9.59 Å². The van der Waals surface area contributed by atoms with Crippen LogP contribution in [0.1, 0.15) is 27.6 Å². The second kappa shape index (κ2) is 10.8. The van der Waals surface area contributed by atoms with E-state index >= 15 is 0 Å². The smallest absolute Gasteiger partial charge is 0.255 e. The summed E-state index contributed by atoms with van der Waals surface area (Å²) >= 11 is 0. The molecule has 3 aromatic carbocycles. The minimum absolute atomic E-state index is 0.209. The van der Waals surface area contributed by atoms with Gasteiger partial charge in [0.1, 0.15) is 12.4 Å². The van der Waals surface area contributed by atoms with E-state index in [0.717, 1.165) is 0 Å². The molecule has 0 saturated heterocycles. The van der Waals surface area contributed by atoms with E-state index in [-0.39, 0.29) is 11.8 Å². The van der Waals surface area contributed by atoms with Crippen LogP contribution in [0.25, 0.3) is 0 Å². The van der Waals surface area contributed by atoms with Crippen LogP contribution in [0.2, 0.25) is 0 Å². The molecule has 0 aliphatic carbocycles. The van der Waals surface area contributed by atoms with Crippen molar-refractivity contribution in [1.82, 2.24) is 0 Å². The van der Waals surface area contributed by atoms with Gasteiger partial charge in [0.15, 0.2) is 0 Å². The first-order valence-electron chi connectivity index (χ1n) is 9.74.